The Morgan fingerprint density at radius 1 is 0.900 bits per heavy atom. The molecule has 0 aliphatic heterocycles. The fourth-order valence-electron chi connectivity index (χ4n) is 3.32. The first kappa shape index (κ1) is 19.9. The van der Waals surface area contributed by atoms with Crippen LogP contribution in [-0.2, 0) is 10.1 Å². The Hall–Kier alpha value is -3.36. The summed E-state index contributed by atoms with van der Waals surface area (Å²) in [5.74, 6) is -0.937. The molecular formula is C22H15F2NO4S. The minimum absolute atomic E-state index is 0.220. The fraction of sp³-hybridized carbons (Fsp3) is 0.0455. The molecule has 1 aromatic heterocycles. The number of methoxy groups -OCH3 is 1. The summed E-state index contributed by atoms with van der Waals surface area (Å²) in [5.41, 5.74) is 2.07. The highest BCUT2D eigenvalue weighted by Crippen LogP contribution is 2.37. The molecule has 5 nitrogen and oxygen atoms in total. The minimum atomic E-state index is -4.33. The topological polar surface area (TPSA) is 76.5 Å². The largest absolute Gasteiger partial charge is 0.496 e. The van der Waals surface area contributed by atoms with Gasteiger partial charge in [-0.15, -0.1) is 0 Å². The number of ether oxygens (including phenoxy) is 1. The fourth-order valence-corrected chi connectivity index (χ4v) is 3.83. The van der Waals surface area contributed by atoms with Crippen LogP contribution in [0.5, 0.6) is 5.75 Å². The molecule has 3 aromatic carbocycles. The molecule has 152 valence electrons. The van der Waals surface area contributed by atoms with E-state index in [1.54, 1.807) is 30.3 Å². The first-order valence-corrected chi connectivity index (χ1v) is 10.2. The number of aromatic nitrogens is 1. The Balaban J connectivity index is 1.87. The summed E-state index contributed by atoms with van der Waals surface area (Å²) in [6.07, 6.45) is 1.51. The lowest BCUT2D eigenvalue weighted by molar-refractivity contribution is 0.416. The molecule has 0 bridgehead atoms. The Morgan fingerprint density at radius 3 is 2.30 bits per heavy atom. The monoisotopic (exact) mass is 427 g/mol. The number of pyridine rings is 1. The van der Waals surface area contributed by atoms with Crippen LogP contribution in [0.15, 0.2) is 71.8 Å². The normalized spacial score (nSPS) is 11.6. The lowest BCUT2D eigenvalue weighted by atomic mass is 9.99. The smallest absolute Gasteiger partial charge is 0.294 e. The number of benzene rings is 3. The van der Waals surface area contributed by atoms with E-state index in [2.05, 4.69) is 4.98 Å². The standard InChI is InChI=1S/C22H15F2NO4S/c1-29-21-11-13(15-8-16(23)12-17(24)9-15)2-4-20(21)22-19-5-3-18(30(26,27)28)10-14(19)6-7-25-22/h2-12H,1H3,(H,26,27,28). The molecule has 0 aliphatic carbocycles. The zero-order chi connectivity index (χ0) is 21.5. The van der Waals surface area contributed by atoms with Gasteiger partial charge in [0.1, 0.15) is 17.4 Å². The van der Waals surface area contributed by atoms with Crippen LogP contribution in [0, 0.1) is 11.6 Å². The Kier molecular flexibility index (Phi) is 4.97. The van der Waals surface area contributed by atoms with Crippen LogP contribution >= 0.6 is 0 Å². The zero-order valence-electron chi connectivity index (χ0n) is 15.6. The molecule has 0 fully saturated rings. The average molecular weight is 427 g/mol. The van der Waals surface area contributed by atoms with Gasteiger partial charge in [0.15, 0.2) is 0 Å². The summed E-state index contributed by atoms with van der Waals surface area (Å²) in [6.45, 7) is 0. The van der Waals surface area contributed by atoms with Gasteiger partial charge in [-0.3, -0.25) is 9.54 Å². The maximum Gasteiger partial charge on any atom is 0.294 e. The van der Waals surface area contributed by atoms with Crippen molar-refractivity contribution >= 4 is 20.9 Å². The van der Waals surface area contributed by atoms with Crippen molar-refractivity contribution < 1.29 is 26.5 Å². The van der Waals surface area contributed by atoms with Crippen LogP contribution in [0.4, 0.5) is 8.78 Å². The predicted molar refractivity (Wildman–Crippen MR) is 109 cm³/mol. The second kappa shape index (κ2) is 7.47. The van der Waals surface area contributed by atoms with E-state index >= 15 is 0 Å². The van der Waals surface area contributed by atoms with Gasteiger partial charge in [-0.05, 0) is 59.0 Å². The molecule has 0 saturated carbocycles. The van der Waals surface area contributed by atoms with E-state index in [1.807, 2.05) is 0 Å². The first-order chi connectivity index (χ1) is 14.3. The van der Waals surface area contributed by atoms with Crippen LogP contribution in [0.25, 0.3) is 33.2 Å². The van der Waals surface area contributed by atoms with Gasteiger partial charge in [0.2, 0.25) is 0 Å². The van der Waals surface area contributed by atoms with Crippen molar-refractivity contribution in [1.29, 1.82) is 0 Å². The molecular weight excluding hydrogens is 412 g/mol. The van der Waals surface area contributed by atoms with E-state index in [0.29, 0.717) is 38.9 Å². The van der Waals surface area contributed by atoms with Crippen molar-refractivity contribution in [2.75, 3.05) is 7.11 Å². The lowest BCUT2D eigenvalue weighted by Gasteiger charge is -2.13. The van der Waals surface area contributed by atoms with Gasteiger partial charge < -0.3 is 4.74 Å². The maximum absolute atomic E-state index is 13.6. The van der Waals surface area contributed by atoms with Gasteiger partial charge in [0.05, 0.1) is 17.7 Å². The molecule has 0 aliphatic rings. The average Bonchev–Trinajstić information content (AvgIpc) is 2.71. The molecule has 8 heteroatoms. The summed E-state index contributed by atoms with van der Waals surface area (Å²) >= 11 is 0. The minimum Gasteiger partial charge on any atom is -0.496 e. The predicted octanol–water partition coefficient (Wildman–Crippen LogP) is 5.10. The molecule has 30 heavy (non-hydrogen) atoms. The van der Waals surface area contributed by atoms with E-state index in [9.17, 15) is 21.8 Å². The summed E-state index contributed by atoms with van der Waals surface area (Å²) in [5, 5.41) is 1.21. The van der Waals surface area contributed by atoms with Gasteiger partial charge in [0.25, 0.3) is 10.1 Å². The zero-order valence-corrected chi connectivity index (χ0v) is 16.5. The molecule has 0 saturated heterocycles. The summed E-state index contributed by atoms with van der Waals surface area (Å²) < 4.78 is 64.8. The van der Waals surface area contributed by atoms with E-state index < -0.39 is 21.8 Å². The highest BCUT2D eigenvalue weighted by Gasteiger charge is 2.15. The number of rotatable bonds is 4. The van der Waals surface area contributed by atoms with Gasteiger partial charge >= 0.3 is 0 Å². The molecule has 4 aromatic rings. The van der Waals surface area contributed by atoms with Crippen molar-refractivity contribution in [3.05, 3.63) is 78.5 Å². The number of fused-ring (bicyclic) bond motifs is 1. The number of nitrogens with zero attached hydrogens (tertiary/aromatic N) is 1. The Morgan fingerprint density at radius 2 is 1.63 bits per heavy atom. The van der Waals surface area contributed by atoms with Crippen molar-refractivity contribution in [2.24, 2.45) is 0 Å². The molecule has 1 N–H and O–H groups in total. The molecule has 0 radical (unpaired) electrons. The molecule has 0 amide bonds. The molecule has 1 heterocycles. The van der Waals surface area contributed by atoms with E-state index in [4.69, 9.17) is 4.74 Å². The van der Waals surface area contributed by atoms with Gasteiger partial charge in [-0.2, -0.15) is 8.42 Å². The quantitative estimate of drug-likeness (QED) is 0.459. The van der Waals surface area contributed by atoms with E-state index in [1.165, 1.54) is 37.6 Å². The second-order valence-electron chi connectivity index (χ2n) is 6.59. The molecule has 0 atom stereocenters. The third-order valence-corrected chi connectivity index (χ3v) is 5.54. The summed E-state index contributed by atoms with van der Waals surface area (Å²) in [7, 11) is -2.87. The molecule has 4 rings (SSSR count). The van der Waals surface area contributed by atoms with Crippen molar-refractivity contribution in [1.82, 2.24) is 4.98 Å². The van der Waals surface area contributed by atoms with Crippen LogP contribution in [0.3, 0.4) is 0 Å². The van der Waals surface area contributed by atoms with Crippen LogP contribution < -0.4 is 4.74 Å². The van der Waals surface area contributed by atoms with Gasteiger partial charge in [0, 0.05) is 23.2 Å². The Bertz CT molecular complexity index is 1370. The SMILES string of the molecule is COc1cc(-c2cc(F)cc(F)c2)ccc1-c1nccc2cc(S(=O)(=O)O)ccc12. The van der Waals surface area contributed by atoms with Crippen LogP contribution in [-0.4, -0.2) is 25.1 Å². The number of halogens is 2. The van der Waals surface area contributed by atoms with Crippen LogP contribution in [0.2, 0.25) is 0 Å². The Labute approximate surface area is 171 Å². The van der Waals surface area contributed by atoms with Crippen molar-refractivity contribution in [3.63, 3.8) is 0 Å². The van der Waals surface area contributed by atoms with Crippen LogP contribution in [0.1, 0.15) is 0 Å². The second-order valence-corrected chi connectivity index (χ2v) is 8.01. The first-order valence-electron chi connectivity index (χ1n) is 8.77. The van der Waals surface area contributed by atoms with Gasteiger partial charge in [-0.25, -0.2) is 8.78 Å². The van der Waals surface area contributed by atoms with E-state index in [0.717, 1.165) is 6.07 Å². The lowest BCUT2D eigenvalue weighted by Crippen LogP contribution is -1.98. The van der Waals surface area contributed by atoms with E-state index in [-0.39, 0.29) is 4.90 Å². The number of hydrogen-bond acceptors (Lipinski definition) is 4. The van der Waals surface area contributed by atoms with Crippen molar-refractivity contribution in [3.8, 4) is 28.1 Å². The summed E-state index contributed by atoms with van der Waals surface area (Å²) in [4.78, 5) is 4.18. The highest BCUT2D eigenvalue weighted by molar-refractivity contribution is 7.85. The third kappa shape index (κ3) is 3.74. The molecule has 0 unspecified atom stereocenters. The molecule has 0 spiro atoms. The maximum atomic E-state index is 13.6. The summed E-state index contributed by atoms with van der Waals surface area (Å²) in [6, 6.07) is 14.1. The third-order valence-electron chi connectivity index (χ3n) is 4.69. The number of hydrogen-bond donors (Lipinski definition) is 1. The van der Waals surface area contributed by atoms with Crippen molar-refractivity contribution in [2.45, 2.75) is 4.90 Å². The van der Waals surface area contributed by atoms with Gasteiger partial charge in [-0.1, -0.05) is 12.1 Å². The highest BCUT2D eigenvalue weighted by atomic mass is 32.2.